The highest BCUT2D eigenvalue weighted by Gasteiger charge is 2.23. The first-order valence-electron chi connectivity index (χ1n) is 6.63. The van der Waals surface area contributed by atoms with E-state index < -0.39 is 0 Å². The molecule has 2 unspecified atom stereocenters. The van der Waals surface area contributed by atoms with E-state index in [1.54, 1.807) is 0 Å². The maximum atomic E-state index is 3.52. The molecule has 0 aromatic carbocycles. The van der Waals surface area contributed by atoms with Crippen molar-refractivity contribution in [3.63, 3.8) is 0 Å². The monoisotopic (exact) mass is 222 g/mol. The maximum Gasteiger partial charge on any atom is 0.0578 e. The first kappa shape index (κ1) is 13.5. The fourth-order valence-corrected chi connectivity index (χ4v) is 2.49. The zero-order chi connectivity index (χ0) is 11.8. The van der Waals surface area contributed by atoms with E-state index in [2.05, 4.69) is 35.9 Å². The molecule has 1 aliphatic heterocycles. The Kier molecular flexibility index (Phi) is 6.52. The first-order chi connectivity index (χ1) is 7.77. The number of nitrogens with one attached hydrogen (secondary N) is 1. The first-order valence-corrected chi connectivity index (χ1v) is 6.63. The maximum absolute atomic E-state index is 3.52. The molecule has 0 radical (unpaired) electrons. The molecule has 2 heteroatoms. The molecule has 92 valence electrons. The Labute approximate surface area is 101 Å². The summed E-state index contributed by atoms with van der Waals surface area (Å²) >= 11 is 0. The summed E-state index contributed by atoms with van der Waals surface area (Å²) in [5.74, 6) is 6.82. The molecule has 2 nitrogen and oxygen atoms in total. The van der Waals surface area contributed by atoms with Crippen molar-refractivity contribution in [3.8, 4) is 11.8 Å². The van der Waals surface area contributed by atoms with Crippen LogP contribution in [-0.2, 0) is 0 Å². The van der Waals surface area contributed by atoms with Gasteiger partial charge in [0.05, 0.1) is 6.54 Å². The largest absolute Gasteiger partial charge is 0.303 e. The standard InChI is InChI=1S/C14H26N2/c1-4-6-9-15-13(3)14-8-7-11-16(12-14)10-5-2/h13-15H,5,7-12H2,1-3H3. The lowest BCUT2D eigenvalue weighted by atomic mass is 9.91. The Balaban J connectivity index is 2.30. The molecule has 0 aromatic heterocycles. The minimum atomic E-state index is 0.598. The van der Waals surface area contributed by atoms with Crippen LogP contribution in [0.2, 0.25) is 0 Å². The summed E-state index contributed by atoms with van der Waals surface area (Å²) in [4.78, 5) is 2.61. The molecule has 0 spiro atoms. The third-order valence-corrected chi connectivity index (χ3v) is 3.48. The molecule has 0 aromatic rings. The molecule has 1 N–H and O–H groups in total. The molecule has 0 bridgehead atoms. The minimum Gasteiger partial charge on any atom is -0.303 e. The summed E-state index contributed by atoms with van der Waals surface area (Å²) in [6, 6.07) is 0.598. The molecule has 0 saturated carbocycles. The van der Waals surface area contributed by atoms with E-state index in [0.717, 1.165) is 12.5 Å². The molecular formula is C14H26N2. The Morgan fingerprint density at radius 3 is 3.00 bits per heavy atom. The summed E-state index contributed by atoms with van der Waals surface area (Å²) in [6.07, 6.45) is 4.00. The van der Waals surface area contributed by atoms with Crippen LogP contribution in [0.5, 0.6) is 0 Å². The highest BCUT2D eigenvalue weighted by molar-refractivity contribution is 4.98. The predicted octanol–water partition coefficient (Wildman–Crippen LogP) is 2.11. The summed E-state index contributed by atoms with van der Waals surface area (Å²) in [7, 11) is 0. The Morgan fingerprint density at radius 1 is 1.50 bits per heavy atom. The van der Waals surface area contributed by atoms with Crippen LogP contribution < -0.4 is 5.32 Å². The molecule has 1 saturated heterocycles. The van der Waals surface area contributed by atoms with Gasteiger partial charge in [-0.15, -0.1) is 5.92 Å². The smallest absolute Gasteiger partial charge is 0.0578 e. The van der Waals surface area contributed by atoms with Crippen LogP contribution >= 0.6 is 0 Å². The van der Waals surface area contributed by atoms with Crippen molar-refractivity contribution in [2.75, 3.05) is 26.2 Å². The van der Waals surface area contributed by atoms with Crippen molar-refractivity contribution in [3.05, 3.63) is 0 Å². The van der Waals surface area contributed by atoms with Crippen molar-refractivity contribution in [1.82, 2.24) is 10.2 Å². The van der Waals surface area contributed by atoms with E-state index in [-0.39, 0.29) is 0 Å². The summed E-state index contributed by atoms with van der Waals surface area (Å²) in [5.41, 5.74) is 0. The fourth-order valence-electron chi connectivity index (χ4n) is 2.49. The molecule has 16 heavy (non-hydrogen) atoms. The zero-order valence-corrected chi connectivity index (χ0v) is 11.1. The number of nitrogens with zero attached hydrogens (tertiary/aromatic N) is 1. The molecule has 0 aliphatic carbocycles. The van der Waals surface area contributed by atoms with E-state index >= 15 is 0 Å². The Morgan fingerprint density at radius 2 is 2.31 bits per heavy atom. The van der Waals surface area contributed by atoms with Crippen LogP contribution in [0.4, 0.5) is 0 Å². The quantitative estimate of drug-likeness (QED) is 0.717. The van der Waals surface area contributed by atoms with Gasteiger partial charge in [-0.3, -0.25) is 0 Å². The minimum absolute atomic E-state index is 0.598. The van der Waals surface area contributed by atoms with Gasteiger partial charge in [0.25, 0.3) is 0 Å². The zero-order valence-electron chi connectivity index (χ0n) is 11.1. The lowest BCUT2D eigenvalue weighted by Gasteiger charge is -2.35. The number of piperidine rings is 1. The molecule has 1 rings (SSSR count). The second kappa shape index (κ2) is 7.70. The van der Waals surface area contributed by atoms with Gasteiger partial charge in [-0.1, -0.05) is 12.8 Å². The van der Waals surface area contributed by atoms with Crippen LogP contribution in [0.25, 0.3) is 0 Å². The van der Waals surface area contributed by atoms with Crippen molar-refractivity contribution in [2.24, 2.45) is 5.92 Å². The normalized spacial score (nSPS) is 23.6. The van der Waals surface area contributed by atoms with Gasteiger partial charge in [-0.05, 0) is 52.1 Å². The van der Waals surface area contributed by atoms with E-state index in [1.165, 1.54) is 38.9 Å². The highest BCUT2D eigenvalue weighted by Crippen LogP contribution is 2.19. The van der Waals surface area contributed by atoms with Crippen LogP contribution in [0.1, 0.15) is 40.0 Å². The average molecular weight is 222 g/mol. The van der Waals surface area contributed by atoms with Gasteiger partial charge in [0.15, 0.2) is 0 Å². The Bertz CT molecular complexity index is 237. The lowest BCUT2D eigenvalue weighted by molar-refractivity contribution is 0.152. The van der Waals surface area contributed by atoms with E-state index in [0.29, 0.717) is 6.04 Å². The predicted molar refractivity (Wildman–Crippen MR) is 70.4 cm³/mol. The van der Waals surface area contributed by atoms with Crippen molar-refractivity contribution < 1.29 is 0 Å². The summed E-state index contributed by atoms with van der Waals surface area (Å²) in [6.45, 7) is 11.1. The Hall–Kier alpha value is -0.520. The number of rotatable bonds is 5. The van der Waals surface area contributed by atoms with Gasteiger partial charge < -0.3 is 10.2 Å². The molecule has 1 aliphatic rings. The topological polar surface area (TPSA) is 15.3 Å². The highest BCUT2D eigenvalue weighted by atomic mass is 15.1. The molecule has 0 amide bonds. The van der Waals surface area contributed by atoms with Gasteiger partial charge in [0.2, 0.25) is 0 Å². The molecule has 2 atom stereocenters. The van der Waals surface area contributed by atoms with E-state index in [4.69, 9.17) is 0 Å². The molecule has 1 heterocycles. The van der Waals surface area contributed by atoms with E-state index in [9.17, 15) is 0 Å². The van der Waals surface area contributed by atoms with Gasteiger partial charge in [0.1, 0.15) is 0 Å². The second-order valence-electron chi connectivity index (χ2n) is 4.80. The van der Waals surface area contributed by atoms with Crippen LogP contribution in [-0.4, -0.2) is 37.1 Å². The van der Waals surface area contributed by atoms with Gasteiger partial charge in [-0.25, -0.2) is 0 Å². The van der Waals surface area contributed by atoms with E-state index in [1.807, 2.05) is 6.92 Å². The molecule has 1 fully saturated rings. The van der Waals surface area contributed by atoms with Gasteiger partial charge in [-0.2, -0.15) is 0 Å². The molecular weight excluding hydrogens is 196 g/mol. The lowest BCUT2D eigenvalue weighted by Crippen LogP contribution is -2.44. The van der Waals surface area contributed by atoms with Crippen molar-refractivity contribution in [2.45, 2.75) is 46.1 Å². The van der Waals surface area contributed by atoms with Crippen molar-refractivity contribution in [1.29, 1.82) is 0 Å². The van der Waals surface area contributed by atoms with Gasteiger partial charge >= 0.3 is 0 Å². The second-order valence-corrected chi connectivity index (χ2v) is 4.80. The number of hydrogen-bond donors (Lipinski definition) is 1. The third kappa shape index (κ3) is 4.55. The van der Waals surface area contributed by atoms with Crippen molar-refractivity contribution >= 4 is 0 Å². The summed E-state index contributed by atoms with van der Waals surface area (Å²) in [5, 5.41) is 3.52. The summed E-state index contributed by atoms with van der Waals surface area (Å²) < 4.78 is 0. The fraction of sp³-hybridized carbons (Fsp3) is 0.857. The van der Waals surface area contributed by atoms with Gasteiger partial charge in [0, 0.05) is 12.6 Å². The third-order valence-electron chi connectivity index (χ3n) is 3.48. The number of likely N-dealkylation sites (tertiary alicyclic amines) is 1. The van der Waals surface area contributed by atoms with Crippen LogP contribution in [0.3, 0.4) is 0 Å². The number of hydrogen-bond acceptors (Lipinski definition) is 2. The average Bonchev–Trinajstić information content (AvgIpc) is 2.30. The van der Waals surface area contributed by atoms with Crippen LogP contribution in [0, 0.1) is 17.8 Å². The van der Waals surface area contributed by atoms with Crippen LogP contribution in [0.15, 0.2) is 0 Å². The SMILES string of the molecule is CC#CCNC(C)C1CCCN(CCC)C1.